The maximum Gasteiger partial charge on any atom is 0.435 e. The molecule has 1 amide bonds. The third-order valence-corrected chi connectivity index (χ3v) is 2.86. The van der Waals surface area contributed by atoms with Gasteiger partial charge in [0.05, 0.1) is 12.3 Å². The van der Waals surface area contributed by atoms with Crippen LogP contribution >= 0.6 is 0 Å². The smallest absolute Gasteiger partial charge is 0.435 e. The number of ether oxygens (including phenoxy) is 1. The molecule has 4 nitrogen and oxygen atoms in total. The Morgan fingerprint density at radius 1 is 1.20 bits per heavy atom. The Morgan fingerprint density at radius 3 is 2.25 bits per heavy atom. The Hall–Kier alpha value is -1.84. The highest BCUT2D eigenvalue weighted by molar-refractivity contribution is 5.95. The van der Waals surface area contributed by atoms with E-state index >= 15 is 0 Å². The summed E-state index contributed by atoms with van der Waals surface area (Å²) >= 11 is 0. The maximum absolute atomic E-state index is 12.1. The average molecular weight is 276 g/mol. The van der Waals surface area contributed by atoms with Crippen molar-refractivity contribution >= 4 is 17.5 Å². The zero-order valence-electron chi connectivity index (χ0n) is 13.0. The summed E-state index contributed by atoms with van der Waals surface area (Å²) in [6, 6.07) is 9.34. The molecule has 0 spiro atoms. The maximum atomic E-state index is 12.1. The number of anilines is 1. The molecule has 0 aliphatic rings. The Labute approximate surface area is 121 Å². The van der Waals surface area contributed by atoms with Gasteiger partial charge in [-0.05, 0) is 25.5 Å². The lowest BCUT2D eigenvalue weighted by molar-refractivity contribution is 0.160. The van der Waals surface area contributed by atoms with Gasteiger partial charge >= 0.3 is 6.09 Å². The van der Waals surface area contributed by atoms with Crippen molar-refractivity contribution in [3.63, 3.8) is 0 Å². The van der Waals surface area contributed by atoms with Crippen molar-refractivity contribution in [1.82, 2.24) is 0 Å². The SMILES string of the molecule is CCOC(=O)N(/N=C(\CC)C(C)(C)C)c1ccccc1. The largest absolute Gasteiger partial charge is 0.448 e. The van der Waals surface area contributed by atoms with Crippen molar-refractivity contribution in [3.05, 3.63) is 30.3 Å². The van der Waals surface area contributed by atoms with Crippen LogP contribution in [0.2, 0.25) is 0 Å². The summed E-state index contributed by atoms with van der Waals surface area (Å²) < 4.78 is 5.10. The van der Waals surface area contributed by atoms with Crippen LogP contribution in [0.25, 0.3) is 0 Å². The second-order valence-corrected chi connectivity index (χ2v) is 5.50. The third-order valence-electron chi connectivity index (χ3n) is 2.86. The fourth-order valence-electron chi connectivity index (χ4n) is 1.83. The predicted molar refractivity (Wildman–Crippen MR) is 83.1 cm³/mol. The summed E-state index contributed by atoms with van der Waals surface area (Å²) in [5.41, 5.74) is 1.57. The lowest BCUT2D eigenvalue weighted by atomic mass is 9.88. The van der Waals surface area contributed by atoms with Crippen molar-refractivity contribution in [1.29, 1.82) is 0 Å². The molecule has 0 radical (unpaired) electrons. The molecule has 0 aliphatic carbocycles. The third kappa shape index (κ3) is 4.37. The van der Waals surface area contributed by atoms with E-state index < -0.39 is 6.09 Å². The minimum absolute atomic E-state index is 0.0890. The van der Waals surface area contributed by atoms with Crippen molar-refractivity contribution in [2.75, 3.05) is 11.6 Å². The molecule has 0 aromatic heterocycles. The molecule has 0 heterocycles. The molecule has 0 bridgehead atoms. The lowest BCUT2D eigenvalue weighted by Gasteiger charge is -2.24. The molecule has 4 heteroatoms. The second kappa shape index (κ2) is 7.08. The average Bonchev–Trinajstić information content (AvgIpc) is 2.39. The van der Waals surface area contributed by atoms with E-state index in [0.29, 0.717) is 12.3 Å². The number of rotatable bonds is 4. The Balaban J connectivity index is 3.18. The van der Waals surface area contributed by atoms with Crippen LogP contribution in [0.1, 0.15) is 41.0 Å². The molecule has 1 aromatic carbocycles. The number of hydrazone groups is 1. The lowest BCUT2D eigenvalue weighted by Crippen LogP contribution is -2.31. The van der Waals surface area contributed by atoms with Gasteiger partial charge in [0.2, 0.25) is 0 Å². The first-order chi connectivity index (χ1) is 9.40. The monoisotopic (exact) mass is 276 g/mol. The summed E-state index contributed by atoms with van der Waals surface area (Å²) in [4.78, 5) is 12.1. The minimum Gasteiger partial charge on any atom is -0.448 e. The van der Waals surface area contributed by atoms with E-state index in [-0.39, 0.29) is 5.41 Å². The van der Waals surface area contributed by atoms with Crippen LogP contribution in [-0.2, 0) is 4.74 Å². The molecular weight excluding hydrogens is 252 g/mol. The van der Waals surface area contributed by atoms with E-state index in [9.17, 15) is 4.79 Å². The molecule has 0 saturated heterocycles. The highest BCUT2D eigenvalue weighted by Crippen LogP contribution is 2.22. The van der Waals surface area contributed by atoms with Crippen molar-refractivity contribution in [2.45, 2.75) is 41.0 Å². The van der Waals surface area contributed by atoms with Crippen LogP contribution in [0.3, 0.4) is 0 Å². The molecule has 0 saturated carbocycles. The first kappa shape index (κ1) is 16.2. The minimum atomic E-state index is -0.450. The van der Waals surface area contributed by atoms with Crippen molar-refractivity contribution in [2.24, 2.45) is 10.5 Å². The van der Waals surface area contributed by atoms with Gasteiger partial charge in [-0.25, -0.2) is 4.79 Å². The normalized spacial score (nSPS) is 12.2. The number of para-hydroxylation sites is 1. The van der Waals surface area contributed by atoms with E-state index in [1.165, 1.54) is 5.01 Å². The summed E-state index contributed by atoms with van der Waals surface area (Å²) in [5, 5.41) is 5.87. The molecule has 20 heavy (non-hydrogen) atoms. The molecule has 0 N–H and O–H groups in total. The summed E-state index contributed by atoms with van der Waals surface area (Å²) in [7, 11) is 0. The fraction of sp³-hybridized carbons (Fsp3) is 0.500. The second-order valence-electron chi connectivity index (χ2n) is 5.50. The summed E-state index contributed by atoms with van der Waals surface area (Å²) in [5.74, 6) is 0. The van der Waals surface area contributed by atoms with Gasteiger partial charge < -0.3 is 4.74 Å². The number of nitrogens with zero attached hydrogens (tertiary/aromatic N) is 2. The first-order valence-corrected chi connectivity index (χ1v) is 7.00. The van der Waals surface area contributed by atoms with E-state index in [0.717, 1.165) is 12.1 Å². The van der Waals surface area contributed by atoms with Gasteiger partial charge in [0.25, 0.3) is 0 Å². The number of carbonyl (C=O) groups excluding carboxylic acids is 1. The highest BCUT2D eigenvalue weighted by Gasteiger charge is 2.22. The van der Waals surface area contributed by atoms with E-state index in [4.69, 9.17) is 4.74 Å². The highest BCUT2D eigenvalue weighted by atomic mass is 16.6. The Kier molecular flexibility index (Phi) is 5.74. The van der Waals surface area contributed by atoms with E-state index in [1.54, 1.807) is 6.92 Å². The zero-order valence-corrected chi connectivity index (χ0v) is 13.0. The molecular formula is C16H24N2O2. The van der Waals surface area contributed by atoms with Gasteiger partial charge in [0.15, 0.2) is 0 Å². The topological polar surface area (TPSA) is 41.9 Å². The first-order valence-electron chi connectivity index (χ1n) is 7.00. The van der Waals surface area contributed by atoms with Crippen LogP contribution in [0.15, 0.2) is 35.4 Å². The quantitative estimate of drug-likeness (QED) is 0.601. The van der Waals surface area contributed by atoms with Crippen LogP contribution in [0, 0.1) is 5.41 Å². The van der Waals surface area contributed by atoms with E-state index in [2.05, 4.69) is 25.9 Å². The summed E-state index contributed by atoms with van der Waals surface area (Å²) in [6.07, 6.45) is 0.334. The van der Waals surface area contributed by atoms with Gasteiger partial charge in [-0.15, -0.1) is 0 Å². The van der Waals surface area contributed by atoms with Crippen LogP contribution < -0.4 is 5.01 Å². The Morgan fingerprint density at radius 2 is 1.80 bits per heavy atom. The fourth-order valence-corrected chi connectivity index (χ4v) is 1.83. The van der Waals surface area contributed by atoms with Crippen molar-refractivity contribution in [3.8, 4) is 0 Å². The predicted octanol–water partition coefficient (Wildman–Crippen LogP) is 4.46. The summed E-state index contributed by atoms with van der Waals surface area (Å²) in [6.45, 7) is 10.4. The van der Waals surface area contributed by atoms with Crippen molar-refractivity contribution < 1.29 is 9.53 Å². The van der Waals surface area contributed by atoms with E-state index in [1.807, 2.05) is 37.3 Å². The molecule has 110 valence electrons. The van der Waals surface area contributed by atoms with Crippen LogP contribution in [-0.4, -0.2) is 18.4 Å². The van der Waals surface area contributed by atoms with Crippen LogP contribution in [0.5, 0.6) is 0 Å². The number of carbonyl (C=O) groups is 1. The Bertz CT molecular complexity index is 461. The van der Waals surface area contributed by atoms with Gasteiger partial charge in [-0.1, -0.05) is 45.9 Å². The molecule has 0 unspecified atom stereocenters. The number of benzene rings is 1. The molecule has 1 rings (SSSR count). The molecule has 0 atom stereocenters. The number of hydrogen-bond acceptors (Lipinski definition) is 3. The number of amides is 1. The standard InChI is InChI=1S/C16H24N2O2/c1-6-14(16(3,4)5)17-18(15(19)20-7-2)13-11-9-8-10-12-13/h8-12H,6-7H2,1-5H3/b17-14+. The molecule has 0 fully saturated rings. The van der Waals surface area contributed by atoms with Gasteiger partial charge in [0, 0.05) is 11.1 Å². The van der Waals surface area contributed by atoms with Gasteiger partial charge in [-0.2, -0.15) is 10.1 Å². The van der Waals surface area contributed by atoms with Gasteiger partial charge in [-0.3, -0.25) is 0 Å². The van der Waals surface area contributed by atoms with Crippen LogP contribution in [0.4, 0.5) is 10.5 Å². The van der Waals surface area contributed by atoms with Gasteiger partial charge in [0.1, 0.15) is 0 Å². The number of hydrogen-bond donors (Lipinski definition) is 0. The molecule has 1 aromatic rings. The molecule has 0 aliphatic heterocycles. The zero-order chi connectivity index (χ0) is 15.2.